The molecule has 25 heavy (non-hydrogen) atoms. The van der Waals surface area contributed by atoms with E-state index in [2.05, 4.69) is 9.72 Å². The highest BCUT2D eigenvalue weighted by Gasteiger charge is 2.23. The van der Waals surface area contributed by atoms with Gasteiger partial charge in [-0.25, -0.2) is 13.2 Å². The first-order chi connectivity index (χ1) is 11.9. The number of H-pyrrole nitrogens is 1. The molecule has 1 heterocycles. The first kappa shape index (κ1) is 17.0. The maximum atomic E-state index is 12.1. The minimum Gasteiger partial charge on any atom is -0.465 e. The van der Waals surface area contributed by atoms with Crippen molar-refractivity contribution in [1.29, 1.82) is 0 Å². The van der Waals surface area contributed by atoms with E-state index in [-0.39, 0.29) is 4.91 Å². The number of para-hydroxylation sites is 1. The van der Waals surface area contributed by atoms with Crippen molar-refractivity contribution in [3.63, 3.8) is 0 Å². The predicted molar refractivity (Wildman–Crippen MR) is 98.6 cm³/mol. The summed E-state index contributed by atoms with van der Waals surface area (Å²) < 4.78 is 28.8. The number of nitrogens with one attached hydrogen (secondary N) is 1. The molecule has 0 aliphatic heterocycles. The summed E-state index contributed by atoms with van der Waals surface area (Å²) in [6.45, 7) is 0. The van der Waals surface area contributed by atoms with Gasteiger partial charge in [0.05, 0.1) is 12.8 Å². The number of carbonyl (C=O) groups excluding carboxylic acids is 1. The van der Waals surface area contributed by atoms with Gasteiger partial charge in [0.25, 0.3) is 0 Å². The zero-order valence-corrected chi connectivity index (χ0v) is 14.6. The zero-order chi connectivity index (χ0) is 18.0. The maximum Gasteiger partial charge on any atom is 0.349 e. The number of sulfone groups is 1. The summed E-state index contributed by atoms with van der Waals surface area (Å²) in [5.41, 5.74) is 3.12. The highest BCUT2D eigenvalue weighted by molar-refractivity contribution is 7.95. The molecule has 5 nitrogen and oxygen atoms in total. The molecule has 0 bridgehead atoms. The number of aromatic amines is 1. The van der Waals surface area contributed by atoms with Gasteiger partial charge in [0.1, 0.15) is 0 Å². The van der Waals surface area contributed by atoms with Gasteiger partial charge in [0.15, 0.2) is 14.7 Å². The van der Waals surface area contributed by atoms with Crippen LogP contribution in [0.3, 0.4) is 0 Å². The number of benzene rings is 2. The van der Waals surface area contributed by atoms with Gasteiger partial charge in [0, 0.05) is 22.7 Å². The molecule has 1 N–H and O–H groups in total. The van der Waals surface area contributed by atoms with Crippen molar-refractivity contribution in [3.8, 4) is 11.3 Å². The van der Waals surface area contributed by atoms with Gasteiger partial charge in [-0.3, -0.25) is 0 Å². The molecule has 0 spiro atoms. The lowest BCUT2D eigenvalue weighted by molar-refractivity contribution is -0.135. The largest absolute Gasteiger partial charge is 0.465 e. The van der Waals surface area contributed by atoms with Crippen molar-refractivity contribution in [2.75, 3.05) is 13.4 Å². The van der Waals surface area contributed by atoms with Crippen molar-refractivity contribution in [3.05, 3.63) is 65.1 Å². The molecule has 0 saturated heterocycles. The van der Waals surface area contributed by atoms with Gasteiger partial charge in [-0.2, -0.15) is 0 Å². The monoisotopic (exact) mass is 355 g/mol. The highest BCUT2D eigenvalue weighted by Crippen LogP contribution is 2.32. The molecule has 0 radical (unpaired) electrons. The van der Waals surface area contributed by atoms with Crippen LogP contribution in [0.5, 0.6) is 0 Å². The molecule has 2 aromatic carbocycles. The summed E-state index contributed by atoms with van der Waals surface area (Å²) in [4.78, 5) is 14.9. The Morgan fingerprint density at radius 2 is 1.68 bits per heavy atom. The molecule has 128 valence electrons. The van der Waals surface area contributed by atoms with Crippen LogP contribution in [-0.2, 0) is 19.4 Å². The standard InChI is InChI=1S/C19H17NO4S/c1-24-19(21)17(25(2,22)23)12-15-14-10-6-7-11-16(14)20-18(15)13-8-4-3-5-9-13/h3-12,20H,1-2H3/b17-12+. The van der Waals surface area contributed by atoms with Crippen molar-refractivity contribution < 1.29 is 17.9 Å². The van der Waals surface area contributed by atoms with Crippen LogP contribution >= 0.6 is 0 Å². The third-order valence-electron chi connectivity index (χ3n) is 3.87. The molecule has 3 aromatic rings. The molecular formula is C19H17NO4S. The number of hydrogen-bond acceptors (Lipinski definition) is 4. The van der Waals surface area contributed by atoms with Gasteiger partial charge in [-0.05, 0) is 17.7 Å². The molecule has 0 unspecified atom stereocenters. The van der Waals surface area contributed by atoms with Crippen LogP contribution in [0.25, 0.3) is 28.2 Å². The highest BCUT2D eigenvalue weighted by atomic mass is 32.2. The molecule has 3 rings (SSSR count). The molecule has 1 aromatic heterocycles. The summed E-state index contributed by atoms with van der Waals surface area (Å²) in [5.74, 6) is -0.883. The second-order valence-corrected chi connectivity index (χ2v) is 7.58. The number of rotatable bonds is 4. The van der Waals surface area contributed by atoms with E-state index >= 15 is 0 Å². The van der Waals surface area contributed by atoms with Crippen molar-refractivity contribution in [1.82, 2.24) is 4.98 Å². The number of esters is 1. The molecular weight excluding hydrogens is 338 g/mol. The summed E-state index contributed by atoms with van der Waals surface area (Å²) in [7, 11) is -2.59. The van der Waals surface area contributed by atoms with E-state index in [1.165, 1.54) is 6.08 Å². The number of hydrogen-bond donors (Lipinski definition) is 1. The van der Waals surface area contributed by atoms with Gasteiger partial charge >= 0.3 is 5.97 Å². The second-order valence-electron chi connectivity index (χ2n) is 5.60. The Kier molecular flexibility index (Phi) is 4.46. The van der Waals surface area contributed by atoms with E-state index < -0.39 is 15.8 Å². The lowest BCUT2D eigenvalue weighted by Crippen LogP contribution is -2.13. The molecule has 0 aliphatic carbocycles. The fourth-order valence-electron chi connectivity index (χ4n) is 2.70. The van der Waals surface area contributed by atoms with E-state index in [1.54, 1.807) is 0 Å². The number of fused-ring (bicyclic) bond motifs is 1. The lowest BCUT2D eigenvalue weighted by atomic mass is 10.0. The van der Waals surface area contributed by atoms with Crippen LogP contribution < -0.4 is 0 Å². The Balaban J connectivity index is 2.34. The number of ether oxygens (including phenoxy) is 1. The van der Waals surface area contributed by atoms with Crippen LogP contribution in [0, 0.1) is 0 Å². The maximum absolute atomic E-state index is 12.1. The molecule has 0 fully saturated rings. The average molecular weight is 355 g/mol. The molecule has 0 amide bonds. The summed E-state index contributed by atoms with van der Waals surface area (Å²) in [6.07, 6.45) is 2.37. The van der Waals surface area contributed by atoms with E-state index in [1.807, 2.05) is 54.6 Å². The van der Waals surface area contributed by atoms with Crippen LogP contribution in [0.2, 0.25) is 0 Å². The lowest BCUT2D eigenvalue weighted by Gasteiger charge is -2.05. The van der Waals surface area contributed by atoms with Gasteiger partial charge < -0.3 is 9.72 Å². The first-order valence-electron chi connectivity index (χ1n) is 7.58. The fourth-order valence-corrected chi connectivity index (χ4v) is 3.41. The van der Waals surface area contributed by atoms with Gasteiger partial charge in [-0.1, -0.05) is 48.5 Å². The van der Waals surface area contributed by atoms with Gasteiger partial charge in [-0.15, -0.1) is 0 Å². The van der Waals surface area contributed by atoms with E-state index in [0.717, 1.165) is 35.5 Å². The number of methoxy groups -OCH3 is 1. The zero-order valence-electron chi connectivity index (χ0n) is 13.8. The number of aromatic nitrogens is 1. The predicted octanol–water partition coefficient (Wildman–Crippen LogP) is 3.39. The average Bonchev–Trinajstić information content (AvgIpc) is 2.97. The Morgan fingerprint density at radius 3 is 2.32 bits per heavy atom. The Morgan fingerprint density at radius 1 is 1.04 bits per heavy atom. The number of carbonyl (C=O) groups is 1. The smallest absolute Gasteiger partial charge is 0.349 e. The van der Waals surface area contributed by atoms with Crippen LogP contribution in [0.15, 0.2) is 59.5 Å². The summed E-state index contributed by atoms with van der Waals surface area (Å²) in [6, 6.07) is 17.1. The topological polar surface area (TPSA) is 76.2 Å². The van der Waals surface area contributed by atoms with Crippen LogP contribution in [-0.4, -0.2) is 32.7 Å². The Bertz CT molecular complexity index is 1060. The quantitative estimate of drug-likeness (QED) is 0.575. The molecule has 0 aliphatic rings. The molecule has 0 saturated carbocycles. The van der Waals surface area contributed by atoms with Crippen molar-refractivity contribution in [2.45, 2.75) is 0 Å². The third kappa shape index (κ3) is 3.34. The Labute approximate surface area is 145 Å². The Hall–Kier alpha value is -2.86. The van der Waals surface area contributed by atoms with Gasteiger partial charge in [0.2, 0.25) is 0 Å². The van der Waals surface area contributed by atoms with Crippen molar-refractivity contribution in [2.24, 2.45) is 0 Å². The van der Waals surface area contributed by atoms with Crippen LogP contribution in [0.4, 0.5) is 0 Å². The van der Waals surface area contributed by atoms with E-state index in [9.17, 15) is 13.2 Å². The van der Waals surface area contributed by atoms with E-state index in [0.29, 0.717) is 5.56 Å². The van der Waals surface area contributed by atoms with Crippen LogP contribution in [0.1, 0.15) is 5.56 Å². The molecule has 0 atom stereocenters. The van der Waals surface area contributed by atoms with Crippen molar-refractivity contribution >= 4 is 32.8 Å². The normalized spacial score (nSPS) is 12.3. The fraction of sp³-hybridized carbons (Fsp3) is 0.105. The SMILES string of the molecule is COC(=O)/C(=C\c1c(-c2ccccc2)[nH]c2ccccc12)S(C)(=O)=O. The third-order valence-corrected chi connectivity index (χ3v) is 4.95. The minimum atomic E-state index is -3.75. The summed E-state index contributed by atoms with van der Waals surface area (Å²) in [5, 5.41) is 0.825. The minimum absolute atomic E-state index is 0.378. The summed E-state index contributed by atoms with van der Waals surface area (Å²) >= 11 is 0. The first-order valence-corrected chi connectivity index (χ1v) is 9.47. The van der Waals surface area contributed by atoms with E-state index in [4.69, 9.17) is 0 Å². The second kappa shape index (κ2) is 6.57. The molecule has 6 heteroatoms.